The monoisotopic (exact) mass is 238 g/mol. The first kappa shape index (κ1) is 15.1. The van der Waals surface area contributed by atoms with Crippen LogP contribution in [0, 0.1) is 6.92 Å². The molecule has 1 aromatic rings. The molecule has 0 fully saturated rings. The number of benzene rings is 1. The van der Waals surface area contributed by atoms with Crippen LogP contribution in [0.1, 0.15) is 18.4 Å². The van der Waals surface area contributed by atoms with Gasteiger partial charge in [0.2, 0.25) is 5.91 Å². The summed E-state index contributed by atoms with van der Waals surface area (Å²) in [6.07, 6.45) is 0.123. The van der Waals surface area contributed by atoms with E-state index in [0.29, 0.717) is 0 Å². The van der Waals surface area contributed by atoms with Gasteiger partial charge in [0, 0.05) is 6.42 Å². The van der Waals surface area contributed by atoms with Crippen LogP contribution >= 0.6 is 0 Å². The Kier molecular flexibility index (Phi) is 7.38. The highest BCUT2D eigenvalue weighted by Gasteiger charge is 2.11. The minimum atomic E-state index is -1.11. The van der Waals surface area contributed by atoms with Crippen LogP contribution in [0.4, 0.5) is 0 Å². The Balaban J connectivity index is 0.000000318. The van der Waals surface area contributed by atoms with Crippen LogP contribution in [0.5, 0.6) is 0 Å². The highest BCUT2D eigenvalue weighted by Crippen LogP contribution is 1.92. The molecule has 0 bridgehead atoms. The molecule has 0 saturated carbocycles. The van der Waals surface area contributed by atoms with E-state index in [0.717, 1.165) is 0 Å². The van der Waals surface area contributed by atoms with Crippen LogP contribution in [0.15, 0.2) is 30.3 Å². The minimum absolute atomic E-state index is 0.0213. The molecular formula is C12H18N2O3. The molecule has 0 heterocycles. The van der Waals surface area contributed by atoms with E-state index in [2.05, 4.69) is 19.1 Å². The van der Waals surface area contributed by atoms with Crippen molar-refractivity contribution in [2.75, 3.05) is 0 Å². The summed E-state index contributed by atoms with van der Waals surface area (Å²) in [5.41, 5.74) is 11.1. The van der Waals surface area contributed by atoms with Crippen LogP contribution in [0.2, 0.25) is 0 Å². The van der Waals surface area contributed by atoms with Crippen molar-refractivity contribution in [1.29, 1.82) is 0 Å². The molecule has 0 aliphatic rings. The maximum atomic E-state index is 10.1. The first-order chi connectivity index (χ1) is 7.93. The molecule has 1 atom stereocenters. The number of primary amides is 1. The number of rotatable bonds is 4. The summed E-state index contributed by atoms with van der Waals surface area (Å²) in [4.78, 5) is 20.1. The molecule has 5 N–H and O–H groups in total. The number of amides is 1. The lowest BCUT2D eigenvalue weighted by Crippen LogP contribution is -2.31. The van der Waals surface area contributed by atoms with Crippen molar-refractivity contribution >= 4 is 11.9 Å². The molecule has 1 rings (SSSR count). The number of hydrogen-bond donors (Lipinski definition) is 3. The zero-order valence-electron chi connectivity index (χ0n) is 9.80. The van der Waals surface area contributed by atoms with Gasteiger partial charge < -0.3 is 16.6 Å². The minimum Gasteiger partial charge on any atom is -0.480 e. The summed E-state index contributed by atoms with van der Waals surface area (Å²) >= 11 is 0. The van der Waals surface area contributed by atoms with Gasteiger partial charge in [-0.05, 0) is 13.3 Å². The second-order valence-corrected chi connectivity index (χ2v) is 3.60. The van der Waals surface area contributed by atoms with E-state index in [-0.39, 0.29) is 12.8 Å². The Labute approximate surface area is 100 Å². The van der Waals surface area contributed by atoms with Crippen LogP contribution in [-0.4, -0.2) is 23.0 Å². The van der Waals surface area contributed by atoms with Crippen molar-refractivity contribution in [1.82, 2.24) is 0 Å². The summed E-state index contributed by atoms with van der Waals surface area (Å²) < 4.78 is 0. The fraction of sp³-hybridized carbons (Fsp3) is 0.333. The van der Waals surface area contributed by atoms with Gasteiger partial charge in [-0.2, -0.15) is 0 Å². The molecule has 17 heavy (non-hydrogen) atoms. The zero-order chi connectivity index (χ0) is 13.3. The highest BCUT2D eigenvalue weighted by molar-refractivity contribution is 5.76. The molecule has 1 aromatic carbocycles. The topological polar surface area (TPSA) is 106 Å². The van der Waals surface area contributed by atoms with Crippen LogP contribution < -0.4 is 11.5 Å². The molecule has 5 nitrogen and oxygen atoms in total. The van der Waals surface area contributed by atoms with Crippen molar-refractivity contribution < 1.29 is 14.7 Å². The average molecular weight is 238 g/mol. The predicted octanol–water partition coefficient (Wildman–Crippen LogP) is 0.659. The maximum absolute atomic E-state index is 10.1. The summed E-state index contributed by atoms with van der Waals surface area (Å²) in [6, 6.07) is 9.28. The van der Waals surface area contributed by atoms with Crippen molar-refractivity contribution in [2.24, 2.45) is 11.5 Å². The third-order valence-corrected chi connectivity index (χ3v) is 1.96. The molecule has 0 radical (unpaired) electrons. The lowest BCUT2D eigenvalue weighted by Gasteiger charge is -2.01. The van der Waals surface area contributed by atoms with Crippen molar-refractivity contribution in [3.8, 4) is 0 Å². The summed E-state index contributed by atoms with van der Waals surface area (Å²) in [5.74, 6) is -1.64. The molecule has 0 aliphatic carbocycles. The number of carboxylic acid groups (broad SMARTS) is 1. The number of carbonyl (C=O) groups excluding carboxylic acids is 1. The molecule has 1 amide bonds. The van der Waals surface area contributed by atoms with Crippen LogP contribution in [0.3, 0.4) is 0 Å². The number of carbonyl (C=O) groups is 2. The first-order valence-corrected chi connectivity index (χ1v) is 5.22. The van der Waals surface area contributed by atoms with E-state index in [4.69, 9.17) is 16.6 Å². The zero-order valence-corrected chi connectivity index (χ0v) is 9.80. The van der Waals surface area contributed by atoms with Gasteiger partial charge in [0.1, 0.15) is 6.04 Å². The molecule has 0 aliphatic heterocycles. The number of hydrogen-bond acceptors (Lipinski definition) is 3. The van der Waals surface area contributed by atoms with Gasteiger partial charge in [-0.25, -0.2) is 0 Å². The lowest BCUT2D eigenvalue weighted by molar-refractivity contribution is -0.138. The highest BCUT2D eigenvalue weighted by atomic mass is 16.4. The normalized spacial score (nSPS) is 10.9. The van der Waals surface area contributed by atoms with E-state index in [1.165, 1.54) is 5.56 Å². The van der Waals surface area contributed by atoms with Crippen molar-refractivity contribution in [3.05, 3.63) is 35.9 Å². The van der Waals surface area contributed by atoms with Crippen LogP contribution in [-0.2, 0) is 9.59 Å². The van der Waals surface area contributed by atoms with Crippen molar-refractivity contribution in [2.45, 2.75) is 25.8 Å². The Morgan fingerprint density at radius 1 is 1.29 bits per heavy atom. The third-order valence-electron chi connectivity index (χ3n) is 1.96. The van der Waals surface area contributed by atoms with Gasteiger partial charge >= 0.3 is 5.97 Å². The van der Waals surface area contributed by atoms with E-state index >= 15 is 0 Å². The number of nitrogens with two attached hydrogens (primary N) is 2. The molecule has 94 valence electrons. The molecule has 0 spiro atoms. The Morgan fingerprint density at radius 2 is 1.82 bits per heavy atom. The Morgan fingerprint density at radius 3 is 2.12 bits per heavy atom. The fourth-order valence-electron chi connectivity index (χ4n) is 0.956. The SMILES string of the molecule is Cc1ccccc1.NC(=O)CC[C@H](N)C(=O)O. The largest absolute Gasteiger partial charge is 0.480 e. The Hall–Kier alpha value is -1.88. The van der Waals surface area contributed by atoms with Crippen LogP contribution in [0.25, 0.3) is 0 Å². The van der Waals surface area contributed by atoms with Gasteiger partial charge in [0.15, 0.2) is 0 Å². The molecule has 5 heteroatoms. The summed E-state index contributed by atoms with van der Waals surface area (Å²) in [6.45, 7) is 2.08. The number of aryl methyl sites for hydroxylation is 1. The smallest absolute Gasteiger partial charge is 0.320 e. The molecular weight excluding hydrogens is 220 g/mol. The predicted molar refractivity (Wildman–Crippen MR) is 65.2 cm³/mol. The standard InChI is InChI=1S/C7H8.C5H10N2O3/c1-7-5-3-2-4-6-7;6-3(5(9)10)1-2-4(7)8/h2-6H,1H3;3H,1-2,6H2,(H2,7,8)(H,9,10)/t;3-/m.0/s1. The first-order valence-electron chi connectivity index (χ1n) is 5.22. The molecule has 0 saturated heterocycles. The van der Waals surface area contributed by atoms with Gasteiger partial charge in [-0.1, -0.05) is 35.9 Å². The number of carboxylic acids is 1. The van der Waals surface area contributed by atoms with E-state index in [9.17, 15) is 9.59 Å². The lowest BCUT2D eigenvalue weighted by atomic mass is 10.2. The van der Waals surface area contributed by atoms with E-state index in [1.807, 2.05) is 18.2 Å². The van der Waals surface area contributed by atoms with Crippen molar-refractivity contribution in [3.63, 3.8) is 0 Å². The molecule has 0 aromatic heterocycles. The van der Waals surface area contributed by atoms with Gasteiger partial charge in [-0.15, -0.1) is 0 Å². The van der Waals surface area contributed by atoms with E-state index in [1.54, 1.807) is 0 Å². The summed E-state index contributed by atoms with van der Waals surface area (Å²) in [5, 5.41) is 8.22. The number of aliphatic carboxylic acids is 1. The van der Waals surface area contributed by atoms with Gasteiger partial charge in [-0.3, -0.25) is 9.59 Å². The van der Waals surface area contributed by atoms with E-state index < -0.39 is 17.9 Å². The molecule has 0 unspecified atom stereocenters. The second kappa shape index (κ2) is 8.29. The second-order valence-electron chi connectivity index (χ2n) is 3.60. The fourth-order valence-corrected chi connectivity index (χ4v) is 0.956. The maximum Gasteiger partial charge on any atom is 0.320 e. The quantitative estimate of drug-likeness (QED) is 0.716. The van der Waals surface area contributed by atoms with Gasteiger partial charge in [0.25, 0.3) is 0 Å². The third kappa shape index (κ3) is 9.07. The Bertz CT molecular complexity index is 352. The average Bonchev–Trinajstić information content (AvgIpc) is 2.27. The van der Waals surface area contributed by atoms with Gasteiger partial charge in [0.05, 0.1) is 0 Å². The summed E-state index contributed by atoms with van der Waals surface area (Å²) in [7, 11) is 0.